The molecule has 118 valence electrons. The SMILES string of the molecule is C=CCc1cccc(/C=N\NC(=S)NC2CCCCC2)c1O. The quantitative estimate of drug-likeness (QED) is 0.338. The standard InChI is InChI=1S/C17H23N3OS/c1-2-7-13-8-6-9-14(16(13)21)12-18-20-17(22)19-15-10-4-3-5-11-15/h2,6,8-9,12,15,21H,1,3-5,7,10-11H2,(H2,19,20,22)/b18-12-. The second-order valence-electron chi connectivity index (χ2n) is 5.53. The van der Waals surface area contributed by atoms with Crippen LogP contribution in [0.1, 0.15) is 43.2 Å². The van der Waals surface area contributed by atoms with Crippen LogP contribution in [-0.4, -0.2) is 22.5 Å². The molecule has 0 heterocycles. The maximum absolute atomic E-state index is 10.1. The van der Waals surface area contributed by atoms with Crippen LogP contribution in [-0.2, 0) is 6.42 Å². The summed E-state index contributed by atoms with van der Waals surface area (Å²) in [7, 11) is 0. The van der Waals surface area contributed by atoms with Gasteiger partial charge >= 0.3 is 0 Å². The van der Waals surface area contributed by atoms with Crippen molar-refractivity contribution in [1.29, 1.82) is 0 Å². The lowest BCUT2D eigenvalue weighted by molar-refractivity contribution is 0.412. The molecule has 0 radical (unpaired) electrons. The Morgan fingerprint density at radius 2 is 2.14 bits per heavy atom. The molecule has 4 nitrogen and oxygen atoms in total. The van der Waals surface area contributed by atoms with Gasteiger partial charge in [0.05, 0.1) is 6.21 Å². The third-order valence-corrected chi connectivity index (χ3v) is 4.03. The van der Waals surface area contributed by atoms with E-state index in [1.54, 1.807) is 12.3 Å². The Bertz CT molecular complexity index is 551. The predicted molar refractivity (Wildman–Crippen MR) is 95.3 cm³/mol. The summed E-state index contributed by atoms with van der Waals surface area (Å²) in [6.45, 7) is 3.69. The molecular weight excluding hydrogens is 294 g/mol. The fourth-order valence-electron chi connectivity index (χ4n) is 2.66. The monoisotopic (exact) mass is 317 g/mol. The van der Waals surface area contributed by atoms with Crippen LogP contribution in [0.3, 0.4) is 0 Å². The highest BCUT2D eigenvalue weighted by Gasteiger charge is 2.13. The maximum atomic E-state index is 10.1. The van der Waals surface area contributed by atoms with Gasteiger partial charge in [-0.05, 0) is 43.1 Å². The van der Waals surface area contributed by atoms with Gasteiger partial charge in [-0.2, -0.15) is 5.10 Å². The second kappa shape index (κ2) is 8.54. The van der Waals surface area contributed by atoms with Gasteiger partial charge in [-0.15, -0.1) is 6.58 Å². The van der Waals surface area contributed by atoms with Crippen molar-refractivity contribution in [3.63, 3.8) is 0 Å². The first kappa shape index (κ1) is 16.5. The van der Waals surface area contributed by atoms with Crippen molar-refractivity contribution >= 4 is 23.5 Å². The third kappa shape index (κ3) is 4.84. The van der Waals surface area contributed by atoms with Gasteiger partial charge in [0, 0.05) is 11.6 Å². The number of benzene rings is 1. The van der Waals surface area contributed by atoms with Crippen LogP contribution in [0.4, 0.5) is 0 Å². The van der Waals surface area contributed by atoms with Crippen molar-refractivity contribution in [3.8, 4) is 5.75 Å². The lowest BCUT2D eigenvalue weighted by Gasteiger charge is -2.23. The van der Waals surface area contributed by atoms with Crippen LogP contribution in [0.15, 0.2) is 36.0 Å². The maximum Gasteiger partial charge on any atom is 0.187 e. The molecule has 1 aromatic rings. The zero-order valence-electron chi connectivity index (χ0n) is 12.7. The Morgan fingerprint density at radius 1 is 1.36 bits per heavy atom. The van der Waals surface area contributed by atoms with Crippen LogP contribution >= 0.6 is 12.2 Å². The molecule has 3 N–H and O–H groups in total. The summed E-state index contributed by atoms with van der Waals surface area (Å²) >= 11 is 5.24. The van der Waals surface area contributed by atoms with Gasteiger partial charge in [-0.25, -0.2) is 0 Å². The Balaban J connectivity index is 1.87. The molecule has 0 spiro atoms. The highest BCUT2D eigenvalue weighted by Crippen LogP contribution is 2.21. The number of allylic oxidation sites excluding steroid dienone is 1. The Labute approximate surface area is 137 Å². The fourth-order valence-corrected chi connectivity index (χ4v) is 2.88. The number of nitrogens with zero attached hydrogens (tertiary/aromatic N) is 1. The van der Waals surface area contributed by atoms with Crippen LogP contribution in [0.5, 0.6) is 5.75 Å². The van der Waals surface area contributed by atoms with Crippen LogP contribution < -0.4 is 10.7 Å². The van der Waals surface area contributed by atoms with Crippen molar-refractivity contribution in [2.45, 2.75) is 44.6 Å². The number of phenolic OH excluding ortho intramolecular Hbond substituents is 1. The Morgan fingerprint density at radius 3 is 2.86 bits per heavy atom. The van der Waals surface area contributed by atoms with Gasteiger partial charge in [0.1, 0.15) is 5.75 Å². The number of hydrogen-bond acceptors (Lipinski definition) is 3. The molecule has 0 unspecified atom stereocenters. The topological polar surface area (TPSA) is 56.7 Å². The summed E-state index contributed by atoms with van der Waals surface area (Å²) < 4.78 is 0. The first-order valence-electron chi connectivity index (χ1n) is 7.72. The van der Waals surface area contributed by atoms with E-state index in [0.717, 1.165) is 18.4 Å². The minimum absolute atomic E-state index is 0.235. The van der Waals surface area contributed by atoms with Gasteiger partial charge < -0.3 is 10.4 Å². The van der Waals surface area contributed by atoms with Crippen molar-refractivity contribution in [2.75, 3.05) is 0 Å². The zero-order valence-corrected chi connectivity index (χ0v) is 13.5. The second-order valence-corrected chi connectivity index (χ2v) is 5.93. The largest absolute Gasteiger partial charge is 0.507 e. The summed E-state index contributed by atoms with van der Waals surface area (Å²) in [4.78, 5) is 0. The molecule has 1 aliphatic carbocycles. The molecule has 1 aromatic carbocycles. The molecular formula is C17H23N3OS. The Hall–Kier alpha value is -1.88. The summed E-state index contributed by atoms with van der Waals surface area (Å²) in [5.41, 5.74) is 4.31. The number of hydrogen-bond donors (Lipinski definition) is 3. The number of hydrazone groups is 1. The van der Waals surface area contributed by atoms with Gasteiger partial charge in [0.25, 0.3) is 0 Å². The van der Waals surface area contributed by atoms with Gasteiger partial charge in [0.15, 0.2) is 5.11 Å². The normalized spacial score (nSPS) is 15.6. The molecule has 0 atom stereocenters. The van der Waals surface area contributed by atoms with E-state index in [1.807, 2.05) is 18.2 Å². The van der Waals surface area contributed by atoms with Crippen molar-refractivity contribution in [2.24, 2.45) is 5.10 Å². The number of nitrogens with one attached hydrogen (secondary N) is 2. The fraction of sp³-hybridized carbons (Fsp3) is 0.412. The molecule has 0 bridgehead atoms. The first-order chi connectivity index (χ1) is 10.7. The van der Waals surface area contributed by atoms with Gasteiger partial charge in [-0.1, -0.05) is 37.5 Å². The first-order valence-corrected chi connectivity index (χ1v) is 8.13. The molecule has 0 saturated heterocycles. The van der Waals surface area contributed by atoms with Crippen LogP contribution in [0.25, 0.3) is 0 Å². The molecule has 2 rings (SSSR count). The average Bonchev–Trinajstić information content (AvgIpc) is 2.52. The molecule has 0 aromatic heterocycles. The minimum Gasteiger partial charge on any atom is -0.507 e. The summed E-state index contributed by atoms with van der Waals surface area (Å²) in [6.07, 6.45) is 10.1. The third-order valence-electron chi connectivity index (χ3n) is 3.83. The summed E-state index contributed by atoms with van der Waals surface area (Å²) in [5.74, 6) is 0.235. The lowest BCUT2D eigenvalue weighted by atomic mass is 9.96. The highest BCUT2D eigenvalue weighted by molar-refractivity contribution is 7.80. The van der Waals surface area contributed by atoms with E-state index >= 15 is 0 Å². The molecule has 1 aliphatic rings. The number of thiocarbonyl (C=S) groups is 1. The molecule has 1 saturated carbocycles. The molecule has 22 heavy (non-hydrogen) atoms. The van der Waals surface area contributed by atoms with E-state index in [2.05, 4.69) is 22.4 Å². The van der Waals surface area contributed by atoms with E-state index in [-0.39, 0.29) is 5.75 Å². The van der Waals surface area contributed by atoms with Crippen LogP contribution in [0.2, 0.25) is 0 Å². The van der Waals surface area contributed by atoms with E-state index in [1.165, 1.54) is 19.3 Å². The minimum atomic E-state index is 0.235. The van der Waals surface area contributed by atoms with Crippen molar-refractivity contribution < 1.29 is 5.11 Å². The molecule has 0 aliphatic heterocycles. The number of para-hydroxylation sites is 1. The lowest BCUT2D eigenvalue weighted by Crippen LogP contribution is -2.40. The molecule has 5 heteroatoms. The summed E-state index contributed by atoms with van der Waals surface area (Å²) in [6, 6.07) is 6.02. The Kier molecular flexibility index (Phi) is 6.40. The molecule has 1 fully saturated rings. The van der Waals surface area contributed by atoms with Crippen molar-refractivity contribution in [1.82, 2.24) is 10.7 Å². The van der Waals surface area contributed by atoms with E-state index in [4.69, 9.17) is 12.2 Å². The van der Waals surface area contributed by atoms with Gasteiger partial charge in [-0.3, -0.25) is 5.43 Å². The average molecular weight is 317 g/mol. The predicted octanol–water partition coefficient (Wildman–Crippen LogP) is 3.25. The number of aromatic hydroxyl groups is 1. The van der Waals surface area contributed by atoms with Crippen LogP contribution in [0, 0.1) is 0 Å². The van der Waals surface area contributed by atoms with E-state index in [9.17, 15) is 5.11 Å². The van der Waals surface area contributed by atoms with Crippen molar-refractivity contribution in [3.05, 3.63) is 42.0 Å². The number of rotatable bonds is 5. The zero-order chi connectivity index (χ0) is 15.8. The highest BCUT2D eigenvalue weighted by atomic mass is 32.1. The van der Waals surface area contributed by atoms with E-state index < -0.39 is 0 Å². The van der Waals surface area contributed by atoms with E-state index in [0.29, 0.717) is 23.1 Å². The molecule has 0 amide bonds. The number of phenols is 1. The smallest absolute Gasteiger partial charge is 0.187 e. The van der Waals surface area contributed by atoms with Gasteiger partial charge in [0.2, 0.25) is 0 Å². The summed E-state index contributed by atoms with van der Waals surface area (Å²) in [5, 5.41) is 18.1.